The first-order valence-electron chi connectivity index (χ1n) is 10.2. The molecule has 7 nitrogen and oxygen atoms in total. The largest absolute Gasteiger partial charge is 0.369 e. The van der Waals surface area contributed by atoms with Crippen molar-refractivity contribution in [2.24, 2.45) is 5.73 Å². The molecule has 1 aromatic carbocycles. The average molecular weight is 530 g/mol. The van der Waals surface area contributed by atoms with E-state index in [-0.39, 0.29) is 22.1 Å². The number of carbonyl (C=O) groups excluding carboxylic acids is 2. The molecule has 0 aliphatic heterocycles. The van der Waals surface area contributed by atoms with Crippen molar-refractivity contribution in [2.75, 3.05) is 5.75 Å². The Kier molecular flexibility index (Phi) is 7.14. The zero-order valence-electron chi connectivity index (χ0n) is 18.4. The van der Waals surface area contributed by atoms with Crippen molar-refractivity contribution in [3.05, 3.63) is 87.9 Å². The van der Waals surface area contributed by atoms with Crippen molar-refractivity contribution in [2.45, 2.75) is 37.0 Å². The van der Waals surface area contributed by atoms with Gasteiger partial charge in [-0.1, -0.05) is 41.1 Å². The van der Waals surface area contributed by atoms with Gasteiger partial charge in [0.15, 0.2) is 15.6 Å². The number of halogens is 1. The van der Waals surface area contributed by atoms with Crippen LogP contribution in [-0.2, 0) is 20.0 Å². The van der Waals surface area contributed by atoms with Crippen molar-refractivity contribution in [3.63, 3.8) is 0 Å². The molecule has 0 aliphatic rings. The molecule has 9 heteroatoms. The second-order valence-electron chi connectivity index (χ2n) is 8.10. The number of amides is 1. The Bertz CT molecular complexity index is 1290. The van der Waals surface area contributed by atoms with Gasteiger partial charge in [-0.25, -0.2) is 8.42 Å². The summed E-state index contributed by atoms with van der Waals surface area (Å²) in [7, 11) is -3.35. The standard InChI is InChI=1S/C24H24BrN3O4S/c1-4-33(31,32)18-8-5-15(6-9-18)21(23(26)30)16-7-10-19(28-14-16)22(29)24(2,3)20-13-17(25)11-12-27-20/h5-14,21H,4H2,1-3H3,(H2,26,30). The van der Waals surface area contributed by atoms with E-state index in [9.17, 15) is 18.0 Å². The topological polar surface area (TPSA) is 120 Å². The molecule has 0 fully saturated rings. The molecule has 33 heavy (non-hydrogen) atoms. The number of Topliss-reactive ketones (excluding diaryl/α,β-unsaturated/α-hetero) is 1. The Balaban J connectivity index is 1.91. The average Bonchev–Trinajstić information content (AvgIpc) is 2.79. The molecule has 0 radical (unpaired) electrons. The normalized spacial score (nSPS) is 12.8. The predicted octanol–water partition coefficient (Wildman–Crippen LogP) is 3.81. The molecule has 0 aliphatic carbocycles. The molecule has 0 saturated carbocycles. The third-order valence-electron chi connectivity index (χ3n) is 5.52. The molecule has 2 aromatic heterocycles. The van der Waals surface area contributed by atoms with E-state index >= 15 is 0 Å². The summed E-state index contributed by atoms with van der Waals surface area (Å²) in [4.78, 5) is 34.2. The number of hydrogen-bond donors (Lipinski definition) is 1. The quantitative estimate of drug-likeness (QED) is 0.443. The second kappa shape index (κ2) is 9.52. The predicted molar refractivity (Wildman–Crippen MR) is 129 cm³/mol. The molecule has 0 saturated heterocycles. The summed E-state index contributed by atoms with van der Waals surface area (Å²) in [6.45, 7) is 5.12. The van der Waals surface area contributed by atoms with Gasteiger partial charge >= 0.3 is 0 Å². The molecule has 1 unspecified atom stereocenters. The number of ketones is 1. The summed E-state index contributed by atoms with van der Waals surface area (Å²) in [5, 5.41) is 0. The van der Waals surface area contributed by atoms with Crippen LogP contribution in [0.25, 0.3) is 0 Å². The van der Waals surface area contributed by atoms with Crippen LogP contribution in [-0.4, -0.2) is 35.8 Å². The fourth-order valence-corrected chi connectivity index (χ4v) is 4.67. The number of sulfone groups is 1. The molecule has 1 amide bonds. The van der Waals surface area contributed by atoms with Gasteiger partial charge in [-0.3, -0.25) is 19.6 Å². The number of aromatic nitrogens is 2. The number of benzene rings is 1. The van der Waals surface area contributed by atoms with E-state index in [0.29, 0.717) is 16.8 Å². The van der Waals surface area contributed by atoms with Gasteiger partial charge in [0.2, 0.25) is 5.91 Å². The minimum Gasteiger partial charge on any atom is -0.369 e. The smallest absolute Gasteiger partial charge is 0.229 e. The molecule has 1 atom stereocenters. The van der Waals surface area contributed by atoms with Crippen LogP contribution >= 0.6 is 15.9 Å². The first kappa shape index (κ1) is 24.7. The van der Waals surface area contributed by atoms with E-state index in [1.807, 2.05) is 0 Å². The van der Waals surface area contributed by atoms with Crippen molar-refractivity contribution in [1.82, 2.24) is 9.97 Å². The molecular formula is C24H24BrN3O4S. The van der Waals surface area contributed by atoms with Crippen LogP contribution in [0.1, 0.15) is 54.0 Å². The van der Waals surface area contributed by atoms with Gasteiger partial charge in [0, 0.05) is 16.9 Å². The van der Waals surface area contributed by atoms with Gasteiger partial charge in [0.25, 0.3) is 0 Å². The molecule has 3 aromatic rings. The van der Waals surface area contributed by atoms with Crippen molar-refractivity contribution >= 4 is 37.5 Å². The van der Waals surface area contributed by atoms with E-state index in [0.717, 1.165) is 4.47 Å². The lowest BCUT2D eigenvalue weighted by Crippen LogP contribution is -2.31. The van der Waals surface area contributed by atoms with Gasteiger partial charge in [-0.15, -0.1) is 0 Å². The number of rotatable bonds is 8. The van der Waals surface area contributed by atoms with Crippen LogP contribution in [0.15, 0.2) is 70.3 Å². The SMILES string of the molecule is CCS(=O)(=O)c1ccc(C(C(N)=O)c2ccc(C(=O)C(C)(C)c3cc(Br)ccn3)nc2)cc1. The number of pyridine rings is 2. The first-order valence-corrected chi connectivity index (χ1v) is 12.7. The summed E-state index contributed by atoms with van der Waals surface area (Å²) in [5.41, 5.74) is 6.61. The van der Waals surface area contributed by atoms with E-state index in [4.69, 9.17) is 5.73 Å². The van der Waals surface area contributed by atoms with E-state index in [2.05, 4.69) is 25.9 Å². The summed E-state index contributed by atoms with van der Waals surface area (Å²) in [6.07, 6.45) is 3.07. The van der Waals surface area contributed by atoms with E-state index in [1.54, 1.807) is 63.4 Å². The van der Waals surface area contributed by atoms with Crippen LogP contribution in [0.3, 0.4) is 0 Å². The maximum absolute atomic E-state index is 13.2. The number of carbonyl (C=O) groups is 2. The molecule has 2 N–H and O–H groups in total. The maximum Gasteiger partial charge on any atom is 0.229 e. The molecule has 0 bridgehead atoms. The van der Waals surface area contributed by atoms with Crippen molar-refractivity contribution < 1.29 is 18.0 Å². The number of hydrogen-bond acceptors (Lipinski definition) is 6. The molecule has 0 spiro atoms. The summed E-state index contributed by atoms with van der Waals surface area (Å²) < 4.78 is 24.9. The Morgan fingerprint density at radius 3 is 2.18 bits per heavy atom. The minimum atomic E-state index is -3.35. The lowest BCUT2D eigenvalue weighted by molar-refractivity contribution is -0.118. The highest BCUT2D eigenvalue weighted by atomic mass is 79.9. The monoisotopic (exact) mass is 529 g/mol. The third kappa shape index (κ3) is 5.20. The fraction of sp³-hybridized carbons (Fsp3) is 0.250. The highest BCUT2D eigenvalue weighted by molar-refractivity contribution is 9.10. The lowest BCUT2D eigenvalue weighted by atomic mass is 9.82. The Labute approximate surface area is 201 Å². The minimum absolute atomic E-state index is 0.0171. The van der Waals surface area contributed by atoms with E-state index in [1.165, 1.54) is 18.3 Å². The van der Waals surface area contributed by atoms with Crippen LogP contribution in [0.2, 0.25) is 0 Å². The van der Waals surface area contributed by atoms with E-state index < -0.39 is 27.1 Å². The Hall–Kier alpha value is -2.91. The van der Waals surface area contributed by atoms with Crippen LogP contribution in [0.5, 0.6) is 0 Å². The van der Waals surface area contributed by atoms with Crippen molar-refractivity contribution in [1.29, 1.82) is 0 Å². The van der Waals surface area contributed by atoms with Gasteiger partial charge in [-0.2, -0.15) is 0 Å². The molecule has 172 valence electrons. The summed E-state index contributed by atoms with van der Waals surface area (Å²) in [6, 6.07) is 12.8. The Morgan fingerprint density at radius 1 is 1.03 bits per heavy atom. The summed E-state index contributed by atoms with van der Waals surface area (Å²) in [5.74, 6) is -1.68. The van der Waals surface area contributed by atoms with Crippen LogP contribution < -0.4 is 5.73 Å². The zero-order valence-corrected chi connectivity index (χ0v) is 20.9. The zero-order chi connectivity index (χ0) is 24.4. The highest BCUT2D eigenvalue weighted by Gasteiger charge is 2.33. The number of nitrogens with two attached hydrogens (primary N) is 1. The molecule has 3 rings (SSSR count). The molecule has 2 heterocycles. The van der Waals surface area contributed by atoms with Gasteiger partial charge in [-0.05, 0) is 55.3 Å². The van der Waals surface area contributed by atoms with Crippen molar-refractivity contribution in [3.8, 4) is 0 Å². The Morgan fingerprint density at radius 2 is 1.67 bits per heavy atom. The summed E-state index contributed by atoms with van der Waals surface area (Å²) >= 11 is 3.40. The second-order valence-corrected chi connectivity index (χ2v) is 11.3. The maximum atomic E-state index is 13.2. The molecular weight excluding hydrogens is 506 g/mol. The fourth-order valence-electron chi connectivity index (χ4n) is 3.45. The van der Waals surface area contributed by atoms with Crippen LogP contribution in [0, 0.1) is 0 Å². The van der Waals surface area contributed by atoms with Gasteiger partial charge < -0.3 is 5.73 Å². The number of primary amides is 1. The van der Waals surface area contributed by atoms with Gasteiger partial charge in [0.05, 0.1) is 27.7 Å². The first-order chi connectivity index (χ1) is 15.5. The highest BCUT2D eigenvalue weighted by Crippen LogP contribution is 2.29. The lowest BCUT2D eigenvalue weighted by Gasteiger charge is -2.22. The third-order valence-corrected chi connectivity index (χ3v) is 7.76. The van der Waals surface area contributed by atoms with Gasteiger partial charge in [0.1, 0.15) is 5.69 Å². The van der Waals surface area contributed by atoms with Crippen LogP contribution in [0.4, 0.5) is 0 Å². The number of nitrogens with zero attached hydrogens (tertiary/aromatic N) is 2.